The number of aliphatic hydroxyl groups excluding tert-OH is 3. The van der Waals surface area contributed by atoms with Crippen molar-refractivity contribution in [1.29, 1.82) is 0 Å². The topological polar surface area (TPSA) is 336 Å². The van der Waals surface area contributed by atoms with Crippen molar-refractivity contribution in [3.8, 4) is 5.75 Å². The van der Waals surface area contributed by atoms with Crippen molar-refractivity contribution >= 4 is 53.2 Å². The minimum absolute atomic E-state index is 0.0539. The molecule has 2 heterocycles. The largest absolute Gasteiger partial charge is 0.508 e. The highest BCUT2D eigenvalue weighted by atomic mass is 16.5. The molecule has 13 atom stereocenters. The summed E-state index contributed by atoms with van der Waals surface area (Å²) in [4.78, 5) is 130. The van der Waals surface area contributed by atoms with Crippen molar-refractivity contribution in [3.05, 3.63) is 77.9 Å². The van der Waals surface area contributed by atoms with E-state index in [1.165, 1.54) is 43.1 Å². The first-order valence-electron chi connectivity index (χ1n) is 25.6. The van der Waals surface area contributed by atoms with Gasteiger partial charge in [0.15, 0.2) is 0 Å². The Balaban J connectivity index is 1.59. The van der Waals surface area contributed by atoms with E-state index in [2.05, 4.69) is 26.6 Å². The number of amides is 8. The second-order valence-corrected chi connectivity index (χ2v) is 20.2. The number of primary amides is 1. The van der Waals surface area contributed by atoms with E-state index in [1.54, 1.807) is 70.2 Å². The summed E-state index contributed by atoms with van der Waals surface area (Å²) in [5.41, 5.74) is 6.53. The molecule has 0 spiro atoms. The molecule has 0 radical (unpaired) electrons. The molecule has 410 valence electrons. The van der Waals surface area contributed by atoms with Gasteiger partial charge in [0.25, 0.3) is 0 Å². The summed E-state index contributed by atoms with van der Waals surface area (Å²) in [7, 11) is 1.38. The summed E-state index contributed by atoms with van der Waals surface area (Å²) in [5, 5.41) is 55.3. The Kier molecular flexibility index (Phi) is 21.3. The smallest absolute Gasteiger partial charge is 0.329 e. The van der Waals surface area contributed by atoms with Gasteiger partial charge in [-0.05, 0) is 86.5 Å². The molecule has 2 fully saturated rings. The predicted molar refractivity (Wildman–Crippen MR) is 271 cm³/mol. The normalized spacial score (nSPS) is 27.5. The van der Waals surface area contributed by atoms with Gasteiger partial charge in [0, 0.05) is 26.3 Å². The lowest BCUT2D eigenvalue weighted by molar-refractivity contribution is -0.167. The molecule has 2 aliphatic heterocycles. The van der Waals surface area contributed by atoms with Crippen LogP contribution in [-0.4, -0.2) is 157 Å². The molecule has 0 aromatic heterocycles. The number of allylic oxidation sites excluding steroid dienone is 1. The van der Waals surface area contributed by atoms with E-state index in [0.29, 0.717) is 30.4 Å². The quantitative estimate of drug-likeness (QED) is 0.0765. The molecule has 0 saturated carbocycles. The summed E-state index contributed by atoms with van der Waals surface area (Å²) < 4.78 is 5.96. The highest BCUT2D eigenvalue weighted by Crippen LogP contribution is 2.28. The van der Waals surface area contributed by atoms with E-state index >= 15 is 0 Å². The molecule has 2 aromatic carbocycles. The number of carbonyl (C=O) groups is 9. The molecule has 3 aliphatic rings. The monoisotopic (exact) mass is 1050 g/mol. The number of hydrogen-bond donors (Lipinski definition) is 10. The van der Waals surface area contributed by atoms with Crippen LogP contribution in [0, 0.1) is 17.8 Å². The van der Waals surface area contributed by atoms with Crippen molar-refractivity contribution in [3.63, 3.8) is 0 Å². The molecule has 75 heavy (non-hydrogen) atoms. The number of cyclic esters (lactones) is 1. The van der Waals surface area contributed by atoms with Crippen LogP contribution in [-0.2, 0) is 60.7 Å². The number of aliphatic hydroxyl groups is 3. The molecule has 5 rings (SSSR count). The summed E-state index contributed by atoms with van der Waals surface area (Å²) in [6.45, 7) is 8.03. The zero-order valence-electron chi connectivity index (χ0n) is 43.3. The van der Waals surface area contributed by atoms with Crippen LogP contribution in [0.3, 0.4) is 0 Å². The van der Waals surface area contributed by atoms with E-state index in [9.17, 15) is 63.6 Å². The summed E-state index contributed by atoms with van der Waals surface area (Å²) >= 11 is 0. The van der Waals surface area contributed by atoms with Crippen molar-refractivity contribution in [2.75, 3.05) is 7.05 Å². The molecule has 8 amide bonds. The number of nitrogens with two attached hydrogens (primary N) is 1. The third-order valence-electron chi connectivity index (χ3n) is 14.2. The Hall–Kier alpha value is -6.91. The summed E-state index contributed by atoms with van der Waals surface area (Å²) in [5.74, 6) is -10.0. The Labute approximate surface area is 436 Å². The van der Waals surface area contributed by atoms with Gasteiger partial charge >= 0.3 is 5.97 Å². The number of hydrogen-bond acceptors (Lipinski definition) is 14. The van der Waals surface area contributed by atoms with Gasteiger partial charge in [-0.25, -0.2) is 4.79 Å². The Morgan fingerprint density at radius 2 is 1.51 bits per heavy atom. The van der Waals surface area contributed by atoms with E-state index in [0.717, 1.165) is 4.90 Å². The fourth-order valence-electron chi connectivity index (χ4n) is 9.48. The molecule has 22 heteroatoms. The zero-order chi connectivity index (χ0) is 55.3. The van der Waals surface area contributed by atoms with Crippen molar-refractivity contribution in [1.82, 2.24) is 36.4 Å². The third kappa shape index (κ3) is 16.0. The third-order valence-corrected chi connectivity index (χ3v) is 14.2. The number of carbonyl (C=O) groups excluding carboxylic acids is 9. The van der Waals surface area contributed by atoms with E-state index in [4.69, 9.17) is 10.5 Å². The van der Waals surface area contributed by atoms with Crippen LogP contribution in [0.4, 0.5) is 0 Å². The molecule has 1 aliphatic carbocycles. The molecule has 2 saturated heterocycles. The lowest BCUT2D eigenvalue weighted by Crippen LogP contribution is -2.66. The Morgan fingerprint density at radius 3 is 2.12 bits per heavy atom. The lowest BCUT2D eigenvalue weighted by atomic mass is 9.88. The van der Waals surface area contributed by atoms with Gasteiger partial charge in [-0.2, -0.15) is 0 Å². The molecule has 11 N–H and O–H groups in total. The summed E-state index contributed by atoms with van der Waals surface area (Å²) in [6.07, 6.45) is -2.76. The molecular weight excluding hydrogens is 973 g/mol. The molecule has 22 nitrogen and oxygen atoms in total. The number of nitrogens with one attached hydrogen (secondary N) is 5. The van der Waals surface area contributed by atoms with E-state index in [-0.39, 0.29) is 37.9 Å². The van der Waals surface area contributed by atoms with Gasteiger partial charge in [0.05, 0.1) is 6.10 Å². The van der Waals surface area contributed by atoms with Crippen LogP contribution in [0.1, 0.15) is 97.1 Å². The van der Waals surface area contributed by atoms with Gasteiger partial charge in [-0.15, -0.1) is 0 Å². The fraction of sp³-hybridized carbons (Fsp3) is 0.566. The predicted octanol–water partition coefficient (Wildman–Crippen LogP) is -0.271. The number of esters is 1. The number of fused-ring (bicyclic) bond motifs is 2. The van der Waals surface area contributed by atoms with Crippen LogP contribution < -0.4 is 32.3 Å². The second kappa shape index (κ2) is 27.0. The van der Waals surface area contributed by atoms with Gasteiger partial charge in [-0.1, -0.05) is 88.7 Å². The fourth-order valence-corrected chi connectivity index (χ4v) is 9.48. The first kappa shape index (κ1) is 59.0. The number of benzene rings is 2. The minimum Gasteiger partial charge on any atom is -0.508 e. The number of aromatic hydroxyl groups is 1. The lowest BCUT2D eigenvalue weighted by Gasteiger charge is -2.44. The average Bonchev–Trinajstić information content (AvgIpc) is 3.37. The number of phenols is 1. The SMILES string of the molecule is CCC(C)C1NC(=O)C(Cc2ccccc2)N(C)C(=O)C(C(C)C)N2C(=O)C(CCC2O)NC(=O)C(CC2C=CC(O)CC2)NC(=O)C(NC(=O)C(CCC(N)=O)NC(=O)C(O)Cc2ccc(O)cc2)C(C)OC1=O. The van der Waals surface area contributed by atoms with Crippen molar-refractivity contribution in [2.45, 2.75) is 166 Å². The number of piperidine rings is 1. The van der Waals surface area contributed by atoms with Crippen molar-refractivity contribution < 1.29 is 68.3 Å². The molecule has 2 aromatic rings. The number of nitrogens with zero attached hydrogens (tertiary/aromatic N) is 2. The average molecular weight is 1050 g/mol. The maximum Gasteiger partial charge on any atom is 0.329 e. The molecule has 13 unspecified atom stereocenters. The van der Waals surface area contributed by atoms with Gasteiger partial charge in [-0.3, -0.25) is 38.4 Å². The number of phenolic OH excluding ortho intramolecular Hbond substituents is 1. The van der Waals surface area contributed by atoms with Crippen LogP contribution >= 0.6 is 0 Å². The number of ether oxygens (including phenoxy) is 1. The highest BCUT2D eigenvalue weighted by molar-refractivity contribution is 5.98. The van der Waals surface area contributed by atoms with Crippen LogP contribution in [0.25, 0.3) is 0 Å². The highest BCUT2D eigenvalue weighted by Gasteiger charge is 2.47. The molecule has 2 bridgehead atoms. The van der Waals surface area contributed by atoms with Crippen molar-refractivity contribution in [2.24, 2.45) is 23.5 Å². The first-order valence-corrected chi connectivity index (χ1v) is 25.6. The van der Waals surface area contributed by atoms with Crippen LogP contribution in [0.2, 0.25) is 0 Å². The van der Waals surface area contributed by atoms with Gasteiger partial charge < -0.3 is 67.3 Å². The maximum absolute atomic E-state index is 14.9. The Bertz CT molecular complexity index is 2390. The first-order chi connectivity index (χ1) is 35.5. The maximum atomic E-state index is 14.9. The van der Waals surface area contributed by atoms with E-state index < -0.39 is 151 Å². The Morgan fingerprint density at radius 1 is 0.827 bits per heavy atom. The number of rotatable bonds is 16. The summed E-state index contributed by atoms with van der Waals surface area (Å²) in [6, 6.07) is 4.02. The second-order valence-electron chi connectivity index (χ2n) is 20.2. The standard InChI is InChI=1S/C53H74N8O14/c1-7-29(4)43-53(74)75-30(5)44(59-46(67)36(21-23-41(54)65)55-49(70)40(64)27-33-15-19-35(63)20-16-33)50(71)57-38(25-32-13-17-34(62)18-14-32)47(68)56-37-22-24-42(66)61(51(37)72)45(28(2)3)52(73)60(6)39(48(69)58-43)26-31-11-9-8-10-12-31/h8-13,15-17,19-20,28-30,32,34,36-40,42-45,62-64,66H,7,14,18,21-27H2,1-6H3,(H2,54,65)(H,55,70)(H,56,68)(H,57,71)(H,58,69)(H,59,67). The molecular formula is C53H74N8O14. The number of likely N-dealkylation sites (N-methyl/N-ethyl adjacent to an activating group) is 1. The minimum atomic E-state index is -1.88. The van der Waals surface area contributed by atoms with Gasteiger partial charge in [0.1, 0.15) is 66.5 Å². The van der Waals surface area contributed by atoms with E-state index in [1.807, 2.05) is 0 Å². The zero-order valence-corrected chi connectivity index (χ0v) is 43.3. The van der Waals surface area contributed by atoms with Crippen LogP contribution in [0.15, 0.2) is 66.7 Å². The van der Waals surface area contributed by atoms with Crippen LogP contribution in [0.5, 0.6) is 5.75 Å². The van der Waals surface area contributed by atoms with Gasteiger partial charge in [0.2, 0.25) is 47.3 Å².